The summed E-state index contributed by atoms with van der Waals surface area (Å²) in [6.07, 6.45) is 6.21. The topological polar surface area (TPSA) is 41.6 Å². The van der Waals surface area contributed by atoms with Crippen LogP contribution in [0.25, 0.3) is 0 Å². The van der Waals surface area contributed by atoms with Crippen LogP contribution in [0.1, 0.15) is 52.9 Å². The second kappa shape index (κ2) is 4.90. The standard InChI is InChI=1S/C16H28N2O2/c1-15(2,3)20-14(19)18-8-5-16(6-9-18)10-12-4-7-17-13(12)11-16/h12-13,17H,4-11H2,1-3H3. The number of amides is 1. The van der Waals surface area contributed by atoms with E-state index >= 15 is 0 Å². The Balaban J connectivity index is 1.54. The molecular formula is C16H28N2O2. The lowest BCUT2D eigenvalue weighted by atomic mass is 9.76. The molecule has 2 saturated heterocycles. The van der Waals surface area contributed by atoms with Gasteiger partial charge in [0.15, 0.2) is 0 Å². The Bertz CT molecular complexity index is 366. The smallest absolute Gasteiger partial charge is 0.410 e. The summed E-state index contributed by atoms with van der Waals surface area (Å²) < 4.78 is 5.48. The molecule has 2 unspecified atom stereocenters. The van der Waals surface area contributed by atoms with Gasteiger partial charge in [0.2, 0.25) is 0 Å². The molecule has 0 aromatic heterocycles. The molecule has 114 valence electrons. The van der Waals surface area contributed by atoms with Crippen LogP contribution >= 0.6 is 0 Å². The van der Waals surface area contributed by atoms with Crippen LogP contribution in [0.3, 0.4) is 0 Å². The first-order valence-electron chi connectivity index (χ1n) is 8.08. The Kier molecular flexibility index (Phi) is 3.47. The molecule has 0 aromatic rings. The van der Waals surface area contributed by atoms with E-state index in [4.69, 9.17) is 4.74 Å². The molecule has 0 bridgehead atoms. The predicted molar refractivity (Wildman–Crippen MR) is 78.6 cm³/mol. The highest BCUT2D eigenvalue weighted by atomic mass is 16.6. The first-order chi connectivity index (χ1) is 9.37. The maximum atomic E-state index is 12.1. The molecule has 2 heterocycles. The number of carbonyl (C=O) groups excluding carboxylic acids is 1. The lowest BCUT2D eigenvalue weighted by Gasteiger charge is -2.40. The number of piperidine rings is 1. The Morgan fingerprint density at radius 1 is 1.25 bits per heavy atom. The van der Waals surface area contributed by atoms with E-state index in [9.17, 15) is 4.79 Å². The molecule has 1 aliphatic carbocycles. The third-order valence-electron chi connectivity index (χ3n) is 5.31. The molecule has 4 heteroatoms. The van der Waals surface area contributed by atoms with Crippen molar-refractivity contribution < 1.29 is 9.53 Å². The molecule has 1 spiro atoms. The molecule has 2 atom stereocenters. The SMILES string of the molecule is CC(C)(C)OC(=O)N1CCC2(CC1)CC1CCNC1C2. The average Bonchev–Trinajstić information content (AvgIpc) is 2.86. The van der Waals surface area contributed by atoms with Gasteiger partial charge >= 0.3 is 6.09 Å². The molecule has 20 heavy (non-hydrogen) atoms. The van der Waals surface area contributed by atoms with Crippen molar-refractivity contribution in [3.63, 3.8) is 0 Å². The van der Waals surface area contributed by atoms with Crippen LogP contribution in [0.5, 0.6) is 0 Å². The van der Waals surface area contributed by atoms with Crippen LogP contribution in [0.15, 0.2) is 0 Å². The van der Waals surface area contributed by atoms with Gasteiger partial charge in [0, 0.05) is 19.1 Å². The molecule has 1 amide bonds. The monoisotopic (exact) mass is 280 g/mol. The van der Waals surface area contributed by atoms with E-state index in [1.807, 2.05) is 25.7 Å². The van der Waals surface area contributed by atoms with Gasteiger partial charge in [-0.1, -0.05) is 0 Å². The highest BCUT2D eigenvalue weighted by molar-refractivity contribution is 5.68. The lowest BCUT2D eigenvalue weighted by molar-refractivity contribution is 0.00994. The van der Waals surface area contributed by atoms with Crippen molar-refractivity contribution in [3.05, 3.63) is 0 Å². The van der Waals surface area contributed by atoms with Crippen molar-refractivity contribution in [3.8, 4) is 0 Å². The second-order valence-electron chi connectivity index (χ2n) is 7.99. The van der Waals surface area contributed by atoms with Gasteiger partial charge in [-0.05, 0) is 70.8 Å². The van der Waals surface area contributed by atoms with Gasteiger partial charge in [-0.15, -0.1) is 0 Å². The summed E-state index contributed by atoms with van der Waals surface area (Å²) in [5, 5.41) is 3.65. The Morgan fingerprint density at radius 3 is 2.55 bits per heavy atom. The van der Waals surface area contributed by atoms with E-state index in [0.29, 0.717) is 5.41 Å². The fraction of sp³-hybridized carbons (Fsp3) is 0.938. The van der Waals surface area contributed by atoms with Gasteiger partial charge in [0.1, 0.15) is 5.60 Å². The average molecular weight is 280 g/mol. The van der Waals surface area contributed by atoms with Crippen molar-refractivity contribution in [1.29, 1.82) is 0 Å². The first-order valence-corrected chi connectivity index (χ1v) is 8.08. The maximum absolute atomic E-state index is 12.1. The predicted octanol–water partition coefficient (Wildman–Crippen LogP) is 2.78. The molecule has 3 aliphatic rings. The van der Waals surface area contributed by atoms with E-state index in [0.717, 1.165) is 37.9 Å². The van der Waals surface area contributed by atoms with Crippen molar-refractivity contribution in [2.75, 3.05) is 19.6 Å². The number of rotatable bonds is 0. The van der Waals surface area contributed by atoms with E-state index in [2.05, 4.69) is 5.32 Å². The molecule has 0 aromatic carbocycles. The van der Waals surface area contributed by atoms with Crippen LogP contribution in [0.4, 0.5) is 4.79 Å². The summed E-state index contributed by atoms with van der Waals surface area (Å²) >= 11 is 0. The van der Waals surface area contributed by atoms with Gasteiger partial charge < -0.3 is 15.0 Å². The van der Waals surface area contributed by atoms with Crippen LogP contribution in [-0.2, 0) is 4.74 Å². The van der Waals surface area contributed by atoms with Gasteiger partial charge in [-0.3, -0.25) is 0 Å². The maximum Gasteiger partial charge on any atom is 0.410 e. The Labute approximate surface area is 122 Å². The highest BCUT2D eigenvalue weighted by Crippen LogP contribution is 2.51. The van der Waals surface area contributed by atoms with Gasteiger partial charge in [0.05, 0.1) is 0 Å². The van der Waals surface area contributed by atoms with E-state index < -0.39 is 0 Å². The fourth-order valence-electron chi connectivity index (χ4n) is 4.31. The molecule has 3 rings (SSSR count). The number of nitrogens with one attached hydrogen (secondary N) is 1. The minimum absolute atomic E-state index is 0.135. The van der Waals surface area contributed by atoms with Crippen molar-refractivity contribution in [2.24, 2.45) is 11.3 Å². The number of nitrogens with zero attached hydrogens (tertiary/aromatic N) is 1. The summed E-state index contributed by atoms with van der Waals surface area (Å²) in [4.78, 5) is 14.0. The summed E-state index contributed by atoms with van der Waals surface area (Å²) in [6.45, 7) is 8.73. The number of likely N-dealkylation sites (tertiary alicyclic amines) is 1. The van der Waals surface area contributed by atoms with Crippen LogP contribution < -0.4 is 5.32 Å². The minimum Gasteiger partial charge on any atom is -0.444 e. The quantitative estimate of drug-likeness (QED) is 0.742. The lowest BCUT2D eigenvalue weighted by Crippen LogP contribution is -2.45. The molecular weight excluding hydrogens is 252 g/mol. The number of fused-ring (bicyclic) bond motifs is 1. The van der Waals surface area contributed by atoms with Crippen LogP contribution in [0.2, 0.25) is 0 Å². The first kappa shape index (κ1) is 14.2. The second-order valence-corrected chi connectivity index (χ2v) is 7.99. The molecule has 1 saturated carbocycles. The van der Waals surface area contributed by atoms with Gasteiger partial charge in [-0.25, -0.2) is 4.79 Å². The zero-order valence-corrected chi connectivity index (χ0v) is 13.1. The third-order valence-corrected chi connectivity index (χ3v) is 5.31. The van der Waals surface area contributed by atoms with Crippen molar-refractivity contribution in [1.82, 2.24) is 10.2 Å². The zero-order valence-electron chi connectivity index (χ0n) is 13.1. The fourth-order valence-corrected chi connectivity index (χ4v) is 4.31. The number of carbonyl (C=O) groups is 1. The molecule has 0 radical (unpaired) electrons. The highest BCUT2D eigenvalue weighted by Gasteiger charge is 2.48. The van der Waals surface area contributed by atoms with Crippen LogP contribution in [-0.4, -0.2) is 42.3 Å². The summed E-state index contributed by atoms with van der Waals surface area (Å²) in [5.41, 5.74) is 0.113. The van der Waals surface area contributed by atoms with Crippen LogP contribution in [0, 0.1) is 11.3 Å². The normalized spacial score (nSPS) is 32.5. The van der Waals surface area contributed by atoms with Gasteiger partial charge in [-0.2, -0.15) is 0 Å². The van der Waals surface area contributed by atoms with Gasteiger partial charge in [0.25, 0.3) is 0 Å². The summed E-state index contributed by atoms with van der Waals surface area (Å²) in [5.74, 6) is 0.892. The largest absolute Gasteiger partial charge is 0.444 e. The summed E-state index contributed by atoms with van der Waals surface area (Å²) in [7, 11) is 0. The van der Waals surface area contributed by atoms with E-state index in [-0.39, 0.29) is 11.7 Å². The van der Waals surface area contributed by atoms with E-state index in [1.54, 1.807) is 0 Å². The van der Waals surface area contributed by atoms with Crippen molar-refractivity contribution >= 4 is 6.09 Å². The molecule has 3 fully saturated rings. The molecule has 1 N–H and O–H groups in total. The number of hydrogen-bond donors (Lipinski definition) is 1. The van der Waals surface area contributed by atoms with E-state index in [1.165, 1.54) is 25.8 Å². The molecule has 2 aliphatic heterocycles. The van der Waals surface area contributed by atoms with Crippen molar-refractivity contribution in [2.45, 2.75) is 64.5 Å². The number of ether oxygens (including phenoxy) is 1. The minimum atomic E-state index is -0.388. The Morgan fingerprint density at radius 2 is 1.95 bits per heavy atom. The molecule has 4 nitrogen and oxygen atoms in total. The summed E-state index contributed by atoms with van der Waals surface area (Å²) in [6, 6.07) is 0.753. The Hall–Kier alpha value is -0.770. The zero-order chi connectivity index (χ0) is 14.4. The number of hydrogen-bond acceptors (Lipinski definition) is 3. The third kappa shape index (κ3) is 2.80.